The maximum atomic E-state index is 14.8. The zero-order valence-electron chi connectivity index (χ0n) is 54.7. The molecule has 494 valence electrons. The molecule has 0 unspecified atom stereocenters. The van der Waals surface area contributed by atoms with Gasteiger partial charge in [0.1, 0.15) is 6.61 Å². The van der Waals surface area contributed by atoms with Gasteiger partial charge in [0, 0.05) is 84.7 Å². The Morgan fingerprint density at radius 3 is 2.00 bits per heavy atom. The minimum atomic E-state index is -0.957. The Hall–Kier alpha value is -6.53. The number of anilines is 1. The zero-order valence-corrected chi connectivity index (χ0v) is 54.7. The first-order valence-electron chi connectivity index (χ1n) is 31.2. The monoisotopic (exact) mass is 1240 g/mol. The predicted molar refractivity (Wildman–Crippen MR) is 336 cm³/mol. The number of nitrogens with zero attached hydrogens (tertiary/aromatic N) is 3. The Morgan fingerprint density at radius 2 is 1.43 bits per heavy atom. The summed E-state index contributed by atoms with van der Waals surface area (Å²) in [6, 6.07) is 11.5. The number of carbonyl (C=O) groups is 9. The number of amides is 8. The van der Waals surface area contributed by atoms with E-state index in [1.165, 1.54) is 26.2 Å². The highest BCUT2D eigenvalue weighted by atomic mass is 16.6. The Labute approximate surface area is 522 Å². The van der Waals surface area contributed by atoms with Crippen LogP contribution in [0, 0.1) is 41.4 Å². The number of aliphatic hydroxyl groups excluding tert-OH is 1. The molecule has 9 N–H and O–H groups in total. The lowest BCUT2D eigenvalue weighted by Gasteiger charge is -2.41. The van der Waals surface area contributed by atoms with Crippen LogP contribution < -0.4 is 32.7 Å². The summed E-state index contributed by atoms with van der Waals surface area (Å²) in [6.45, 7) is 19.6. The van der Waals surface area contributed by atoms with Gasteiger partial charge >= 0.3 is 12.1 Å². The molecule has 1 aliphatic heterocycles. The van der Waals surface area contributed by atoms with Crippen molar-refractivity contribution >= 4 is 58.9 Å². The number of carbonyl (C=O) groups excluding carboxylic acids is 9. The fourth-order valence-corrected chi connectivity index (χ4v) is 11.7. The number of likely N-dealkylation sites (N-methyl/N-ethyl adjacent to an activating group) is 2. The number of ketones is 2. The van der Waals surface area contributed by atoms with Gasteiger partial charge in [0.15, 0.2) is 11.6 Å². The van der Waals surface area contributed by atoms with Crippen LogP contribution in [-0.2, 0) is 59.1 Å². The van der Waals surface area contributed by atoms with Crippen molar-refractivity contribution in [3.05, 3.63) is 65.7 Å². The van der Waals surface area contributed by atoms with Crippen molar-refractivity contribution in [2.75, 3.05) is 66.5 Å². The number of nitrogens with two attached hydrogens (primary N) is 2. The molecule has 0 saturated carbocycles. The first-order valence-corrected chi connectivity index (χ1v) is 31.2. The molecular weight excluding hydrogens is 1130 g/mol. The average Bonchev–Trinajstić information content (AvgIpc) is 2.45. The number of nitrogens with one attached hydrogen (secondary N) is 4. The zero-order chi connectivity index (χ0) is 65.9. The van der Waals surface area contributed by atoms with Crippen LogP contribution in [0.1, 0.15) is 144 Å². The van der Waals surface area contributed by atoms with Crippen LogP contribution in [-0.4, -0.2) is 177 Å². The molecule has 23 heteroatoms. The van der Waals surface area contributed by atoms with E-state index in [1.807, 2.05) is 59.7 Å². The number of benzene rings is 2. The number of rotatable bonds is 39. The normalized spacial score (nSPS) is 17.1. The van der Waals surface area contributed by atoms with Crippen molar-refractivity contribution in [3.63, 3.8) is 0 Å². The van der Waals surface area contributed by atoms with Crippen LogP contribution in [0.2, 0.25) is 0 Å². The number of Topliss-reactive ketones (excluding diaryl/α,β-unsaturated/α-hetero) is 2. The van der Waals surface area contributed by atoms with E-state index in [1.54, 1.807) is 80.9 Å². The maximum Gasteiger partial charge on any atom is 0.410 e. The van der Waals surface area contributed by atoms with E-state index in [0.29, 0.717) is 62.2 Å². The molecule has 23 nitrogen and oxygen atoms in total. The number of urea groups is 1. The molecule has 2 aromatic carbocycles. The lowest BCUT2D eigenvalue weighted by atomic mass is 9.83. The number of hydrogen-bond donors (Lipinski definition) is 7. The number of methoxy groups -OCH3 is 2. The van der Waals surface area contributed by atoms with Crippen LogP contribution >= 0.6 is 0 Å². The van der Waals surface area contributed by atoms with Crippen molar-refractivity contribution in [1.29, 1.82) is 0 Å². The summed E-state index contributed by atoms with van der Waals surface area (Å²) in [7, 11) is 6.21. The summed E-state index contributed by atoms with van der Waals surface area (Å²) in [4.78, 5) is 127. The second kappa shape index (κ2) is 38.1. The van der Waals surface area contributed by atoms with Gasteiger partial charge in [0.2, 0.25) is 29.5 Å². The third-order valence-corrected chi connectivity index (χ3v) is 16.9. The van der Waals surface area contributed by atoms with Crippen LogP contribution in [0.5, 0.6) is 0 Å². The molecule has 0 spiro atoms. The van der Waals surface area contributed by atoms with Crippen molar-refractivity contribution in [1.82, 2.24) is 30.7 Å². The summed E-state index contributed by atoms with van der Waals surface area (Å²) in [6.07, 6.45) is -0.972. The molecular formula is C65H105N9O14. The summed E-state index contributed by atoms with van der Waals surface area (Å²) < 4.78 is 23.1. The van der Waals surface area contributed by atoms with E-state index in [4.69, 9.17) is 30.4 Å². The van der Waals surface area contributed by atoms with Crippen LogP contribution in [0.15, 0.2) is 54.6 Å². The fourth-order valence-electron chi connectivity index (χ4n) is 11.7. The summed E-state index contributed by atoms with van der Waals surface area (Å²) >= 11 is 0. The smallest absolute Gasteiger partial charge is 0.410 e. The van der Waals surface area contributed by atoms with Crippen molar-refractivity contribution in [2.45, 2.75) is 182 Å². The van der Waals surface area contributed by atoms with Crippen molar-refractivity contribution in [3.8, 4) is 0 Å². The van der Waals surface area contributed by atoms with Gasteiger partial charge in [-0.3, -0.25) is 33.6 Å². The van der Waals surface area contributed by atoms with E-state index >= 15 is 0 Å². The molecule has 12 atom stereocenters. The number of hydrogen-bond acceptors (Lipinski definition) is 15. The second-order valence-electron chi connectivity index (χ2n) is 24.5. The highest BCUT2D eigenvalue weighted by Crippen LogP contribution is 2.32. The summed E-state index contributed by atoms with van der Waals surface area (Å²) in [5.41, 5.74) is 12.3. The van der Waals surface area contributed by atoms with Gasteiger partial charge in [-0.1, -0.05) is 111 Å². The van der Waals surface area contributed by atoms with Gasteiger partial charge in [-0.05, 0) is 79.5 Å². The number of primary amides is 1. The molecule has 8 amide bonds. The summed E-state index contributed by atoms with van der Waals surface area (Å²) in [5.74, 6) is -5.70. The van der Waals surface area contributed by atoms with E-state index in [0.717, 1.165) is 0 Å². The molecule has 1 fully saturated rings. The van der Waals surface area contributed by atoms with Crippen molar-refractivity contribution in [2.24, 2.45) is 52.9 Å². The Morgan fingerprint density at radius 1 is 0.773 bits per heavy atom. The molecule has 0 aromatic heterocycles. The molecule has 0 radical (unpaired) electrons. The second-order valence-corrected chi connectivity index (χ2v) is 24.5. The SMILES string of the molecule is CC[C@H](C)[C@@H]([C@@H](CC(=O)N1CCC[C@H]1[C@H](OC)[C@@H](C)C(=O)N[C@H](C)[C@@H](O)c1ccccc1)OC)N(C)C(=O)[C@@H](CC(=O)[C@H](C(C)C)N(C)C(=O)OCc1ccc(NC(=O)[C@H](CCCNC(N)=O)CC(=O)[C@@H](NC(=O)CCOCCN)C(C)C)cc1)C(C)C. The lowest BCUT2D eigenvalue weighted by molar-refractivity contribution is -0.149. The van der Waals surface area contributed by atoms with Gasteiger partial charge in [-0.15, -0.1) is 0 Å². The Balaban J connectivity index is 1.70. The molecule has 2 aromatic rings. The number of likely N-dealkylation sites (tertiary alicyclic amines) is 1. The Bertz CT molecular complexity index is 2540. The first kappa shape index (κ1) is 75.7. The fraction of sp³-hybridized carbons (Fsp3) is 0.677. The summed E-state index contributed by atoms with van der Waals surface area (Å²) in [5, 5.41) is 22.0. The average molecular weight is 1240 g/mol. The maximum absolute atomic E-state index is 14.8. The lowest BCUT2D eigenvalue weighted by Crippen LogP contribution is -2.55. The molecule has 0 bridgehead atoms. The highest BCUT2D eigenvalue weighted by molar-refractivity contribution is 5.97. The third kappa shape index (κ3) is 23.1. The van der Waals surface area contributed by atoms with Gasteiger partial charge in [-0.2, -0.15) is 0 Å². The molecule has 3 rings (SSSR count). The standard InChI is InChI=1S/C65H105N9O14/c1-15-42(8)58(53(85-13)37-55(78)74-32-20-24-50(74)60(86-14)43(9)61(80)69-44(10)59(79)46-21-17-16-18-22-46)72(11)63(82)49(39(2)3)36-52(76)57(41(6)7)73(12)65(84)88-38-45-25-27-48(28-26-45)70-62(81)47(23-19-31-68-64(67)83)35-51(75)56(40(4)5)71-54(77)29-33-87-34-30-66/h16-18,21-22,25-28,39-44,47,49-50,53,56-60,79H,15,19-20,23-24,29-38,66H2,1-14H3,(H,69,80)(H,70,81)(H,71,77)(H3,67,68,83)/t42-,43+,44+,47+,49-,50-,53+,56-,57-,58-,59+,60+/m0/s1. The van der Waals surface area contributed by atoms with Gasteiger partial charge in [-0.25, -0.2) is 9.59 Å². The topological polar surface area (TPSA) is 321 Å². The van der Waals surface area contributed by atoms with E-state index in [-0.39, 0.29) is 111 Å². The van der Waals surface area contributed by atoms with Crippen molar-refractivity contribution < 1.29 is 67.2 Å². The molecule has 0 aliphatic carbocycles. The number of ether oxygens (including phenoxy) is 4. The van der Waals surface area contributed by atoms with E-state index < -0.39 is 84.3 Å². The van der Waals surface area contributed by atoms with Gasteiger partial charge in [0.05, 0.1) is 74.1 Å². The van der Waals surface area contributed by atoms with E-state index in [9.17, 15) is 48.3 Å². The third-order valence-electron chi connectivity index (χ3n) is 16.9. The van der Waals surface area contributed by atoms with Gasteiger partial charge in [0.25, 0.3) is 0 Å². The number of aliphatic hydroxyl groups is 1. The largest absolute Gasteiger partial charge is 0.445 e. The molecule has 1 saturated heterocycles. The molecule has 1 heterocycles. The van der Waals surface area contributed by atoms with Crippen LogP contribution in [0.3, 0.4) is 0 Å². The Kier molecular flexibility index (Phi) is 32.8. The molecule has 88 heavy (non-hydrogen) atoms. The quantitative estimate of drug-likeness (QED) is 0.0370. The minimum Gasteiger partial charge on any atom is -0.445 e. The highest BCUT2D eigenvalue weighted by Gasteiger charge is 2.44. The predicted octanol–water partition coefficient (Wildman–Crippen LogP) is 6.14. The first-order chi connectivity index (χ1) is 41.6. The van der Waals surface area contributed by atoms with Gasteiger partial charge < -0.3 is 71.5 Å². The van der Waals surface area contributed by atoms with Crippen LogP contribution in [0.4, 0.5) is 15.3 Å². The van der Waals surface area contributed by atoms with E-state index in [2.05, 4.69) is 21.3 Å². The van der Waals surface area contributed by atoms with Crippen LogP contribution in [0.25, 0.3) is 0 Å². The minimum absolute atomic E-state index is 0.0327. The molecule has 1 aliphatic rings.